The third-order valence-electron chi connectivity index (χ3n) is 2.20. The van der Waals surface area contributed by atoms with Crippen molar-refractivity contribution >= 4 is 5.88 Å². The maximum Gasteiger partial charge on any atom is 0.229 e. The number of anilines is 1. The van der Waals surface area contributed by atoms with Crippen LogP contribution in [0.5, 0.6) is 0 Å². The number of aromatic nitrogens is 1. The van der Waals surface area contributed by atoms with Crippen molar-refractivity contribution in [1.82, 2.24) is 5.16 Å². The number of rotatable bonds is 2. The van der Waals surface area contributed by atoms with Gasteiger partial charge in [0, 0.05) is 0 Å². The van der Waals surface area contributed by atoms with E-state index < -0.39 is 18.2 Å². The molecule has 0 aliphatic heterocycles. The first-order valence-electron chi connectivity index (χ1n) is 4.42. The van der Waals surface area contributed by atoms with E-state index in [4.69, 9.17) is 10.8 Å². The summed E-state index contributed by atoms with van der Waals surface area (Å²) in [5.74, 6) is -2.06. The summed E-state index contributed by atoms with van der Waals surface area (Å²) in [6, 6.07) is 1.86. The molecule has 0 fully saturated rings. The summed E-state index contributed by atoms with van der Waals surface area (Å²) in [6.07, 6.45) is 1.28. The van der Waals surface area contributed by atoms with Crippen molar-refractivity contribution in [1.29, 1.82) is 0 Å². The molecule has 1 heterocycles. The molecule has 0 bridgehead atoms. The lowest BCUT2D eigenvalue weighted by atomic mass is 10.0. The van der Waals surface area contributed by atoms with Crippen molar-refractivity contribution in [3.05, 3.63) is 35.5 Å². The van der Waals surface area contributed by atoms with Crippen LogP contribution in [-0.2, 0) is 6.61 Å². The first-order valence-corrected chi connectivity index (χ1v) is 4.42. The van der Waals surface area contributed by atoms with E-state index in [1.807, 2.05) is 0 Å². The molecule has 2 aromatic rings. The minimum Gasteiger partial charge on any atom is -0.392 e. The average Bonchev–Trinajstić information content (AvgIpc) is 2.68. The Labute approximate surface area is 89.3 Å². The van der Waals surface area contributed by atoms with E-state index >= 15 is 0 Å². The van der Waals surface area contributed by atoms with Gasteiger partial charge in [-0.3, -0.25) is 0 Å². The normalized spacial score (nSPS) is 10.7. The first kappa shape index (κ1) is 10.6. The van der Waals surface area contributed by atoms with Crippen molar-refractivity contribution < 1.29 is 18.4 Å². The molecule has 0 radical (unpaired) electrons. The largest absolute Gasteiger partial charge is 0.392 e. The van der Waals surface area contributed by atoms with Gasteiger partial charge in [-0.15, -0.1) is 0 Å². The number of nitrogens with zero attached hydrogens (tertiary/aromatic N) is 1. The summed E-state index contributed by atoms with van der Waals surface area (Å²) < 4.78 is 30.6. The lowest BCUT2D eigenvalue weighted by Gasteiger charge is -2.06. The Morgan fingerprint density at radius 2 is 1.94 bits per heavy atom. The Bertz CT molecular complexity index is 526. The second-order valence-electron chi connectivity index (χ2n) is 3.19. The van der Waals surface area contributed by atoms with Gasteiger partial charge >= 0.3 is 0 Å². The topological polar surface area (TPSA) is 72.3 Å². The molecule has 0 unspecified atom stereocenters. The van der Waals surface area contributed by atoms with Gasteiger partial charge in [0.2, 0.25) is 5.88 Å². The van der Waals surface area contributed by atoms with Crippen molar-refractivity contribution in [2.45, 2.75) is 6.61 Å². The molecule has 0 amide bonds. The summed E-state index contributed by atoms with van der Waals surface area (Å²) >= 11 is 0. The fourth-order valence-corrected chi connectivity index (χ4v) is 1.42. The van der Waals surface area contributed by atoms with E-state index in [0.717, 1.165) is 12.1 Å². The van der Waals surface area contributed by atoms with Crippen LogP contribution >= 0.6 is 0 Å². The number of nitrogens with two attached hydrogens (primary N) is 1. The predicted molar refractivity (Wildman–Crippen MR) is 52.2 cm³/mol. The standard InChI is InChI=1S/C10H8F2N2O2/c11-8-1-5(4-15)6(2-9(8)12)7-3-14-16-10(7)13/h1-3,15H,4,13H2. The number of hydrogen-bond donors (Lipinski definition) is 2. The van der Waals surface area contributed by atoms with Gasteiger partial charge < -0.3 is 15.4 Å². The van der Waals surface area contributed by atoms with Gasteiger partial charge in [-0.05, 0) is 23.3 Å². The highest BCUT2D eigenvalue weighted by molar-refractivity contribution is 5.74. The van der Waals surface area contributed by atoms with Crippen LogP contribution in [0.15, 0.2) is 22.9 Å². The van der Waals surface area contributed by atoms with E-state index in [2.05, 4.69) is 9.68 Å². The van der Waals surface area contributed by atoms with Gasteiger partial charge in [-0.1, -0.05) is 5.16 Å². The van der Waals surface area contributed by atoms with Gasteiger partial charge in [-0.25, -0.2) is 8.78 Å². The molecule has 2 rings (SSSR count). The SMILES string of the molecule is Nc1oncc1-c1cc(F)c(F)cc1CO. The molecule has 84 valence electrons. The lowest BCUT2D eigenvalue weighted by molar-refractivity contribution is 0.281. The molecule has 6 heteroatoms. The predicted octanol–water partition coefficient (Wildman–Crippen LogP) is 1.69. The van der Waals surface area contributed by atoms with Crippen molar-refractivity contribution in [3.63, 3.8) is 0 Å². The number of hydrogen-bond acceptors (Lipinski definition) is 4. The lowest BCUT2D eigenvalue weighted by Crippen LogP contribution is -1.96. The zero-order valence-electron chi connectivity index (χ0n) is 8.08. The van der Waals surface area contributed by atoms with E-state index in [1.165, 1.54) is 6.20 Å². The minimum absolute atomic E-state index is 0.0132. The zero-order valence-corrected chi connectivity index (χ0v) is 8.08. The maximum absolute atomic E-state index is 13.1. The van der Waals surface area contributed by atoms with E-state index in [0.29, 0.717) is 5.56 Å². The summed E-state index contributed by atoms with van der Waals surface area (Å²) in [5, 5.41) is 12.5. The van der Waals surface area contributed by atoms with Gasteiger partial charge in [0.15, 0.2) is 11.6 Å². The Hall–Kier alpha value is -1.95. The Kier molecular flexibility index (Phi) is 2.57. The van der Waals surface area contributed by atoms with Gasteiger partial charge in [0.05, 0.1) is 18.4 Å². The molecule has 0 aliphatic rings. The Morgan fingerprint density at radius 3 is 2.50 bits per heavy atom. The molecule has 0 atom stereocenters. The van der Waals surface area contributed by atoms with Crippen molar-refractivity contribution in [2.24, 2.45) is 0 Å². The van der Waals surface area contributed by atoms with Crippen LogP contribution in [0.2, 0.25) is 0 Å². The minimum atomic E-state index is -1.03. The molecular formula is C10H8F2N2O2. The molecule has 1 aromatic heterocycles. The molecule has 16 heavy (non-hydrogen) atoms. The number of nitrogen functional groups attached to an aromatic ring is 1. The number of aliphatic hydroxyl groups excluding tert-OH is 1. The smallest absolute Gasteiger partial charge is 0.229 e. The summed E-state index contributed by atoms with van der Waals surface area (Å²) in [7, 11) is 0. The second kappa shape index (κ2) is 3.90. The second-order valence-corrected chi connectivity index (χ2v) is 3.19. The number of benzene rings is 1. The van der Waals surface area contributed by atoms with Crippen molar-refractivity contribution in [2.75, 3.05) is 5.73 Å². The maximum atomic E-state index is 13.1. The molecule has 0 aliphatic carbocycles. The van der Waals surface area contributed by atoms with E-state index in [9.17, 15) is 8.78 Å². The van der Waals surface area contributed by atoms with Crippen LogP contribution < -0.4 is 5.73 Å². The van der Waals surface area contributed by atoms with Gasteiger partial charge in [-0.2, -0.15) is 0 Å². The van der Waals surface area contributed by atoms with Gasteiger partial charge in [0.25, 0.3) is 0 Å². The third-order valence-corrected chi connectivity index (χ3v) is 2.20. The zero-order chi connectivity index (χ0) is 11.7. The quantitative estimate of drug-likeness (QED) is 0.817. The van der Waals surface area contributed by atoms with Crippen LogP contribution in [0, 0.1) is 11.6 Å². The molecule has 0 saturated carbocycles. The van der Waals surface area contributed by atoms with Crippen LogP contribution in [0.4, 0.5) is 14.7 Å². The number of halogens is 2. The molecule has 1 aromatic carbocycles. The molecule has 3 N–H and O–H groups in total. The van der Waals surface area contributed by atoms with Crippen LogP contribution in [0.25, 0.3) is 11.1 Å². The van der Waals surface area contributed by atoms with Crippen molar-refractivity contribution in [3.8, 4) is 11.1 Å². The fourth-order valence-electron chi connectivity index (χ4n) is 1.42. The Balaban J connectivity index is 2.64. The fraction of sp³-hybridized carbons (Fsp3) is 0.100. The highest BCUT2D eigenvalue weighted by atomic mass is 19.2. The van der Waals surface area contributed by atoms with Crippen LogP contribution in [0.1, 0.15) is 5.56 Å². The first-order chi connectivity index (χ1) is 7.63. The highest BCUT2D eigenvalue weighted by Crippen LogP contribution is 2.30. The Morgan fingerprint density at radius 1 is 1.25 bits per heavy atom. The van der Waals surface area contributed by atoms with E-state index in [-0.39, 0.29) is 17.0 Å². The molecular weight excluding hydrogens is 218 g/mol. The highest BCUT2D eigenvalue weighted by Gasteiger charge is 2.15. The monoisotopic (exact) mass is 226 g/mol. The molecule has 0 spiro atoms. The average molecular weight is 226 g/mol. The molecule has 4 nitrogen and oxygen atoms in total. The summed E-state index contributed by atoms with van der Waals surface area (Å²) in [5.41, 5.74) is 6.26. The summed E-state index contributed by atoms with van der Waals surface area (Å²) in [4.78, 5) is 0. The number of aliphatic hydroxyl groups is 1. The summed E-state index contributed by atoms with van der Waals surface area (Å²) in [6.45, 7) is -0.433. The van der Waals surface area contributed by atoms with Gasteiger partial charge in [0.1, 0.15) is 0 Å². The molecule has 0 saturated heterocycles. The van der Waals surface area contributed by atoms with Crippen LogP contribution in [0.3, 0.4) is 0 Å². The van der Waals surface area contributed by atoms with Crippen LogP contribution in [-0.4, -0.2) is 10.3 Å². The van der Waals surface area contributed by atoms with E-state index in [1.54, 1.807) is 0 Å². The third kappa shape index (κ3) is 1.63.